The number of hydrogen-bond acceptors (Lipinski definition) is 4. The monoisotopic (exact) mass is 475 g/mol. The second kappa shape index (κ2) is 10.6. The molecule has 0 saturated carbocycles. The van der Waals surface area contributed by atoms with Crippen LogP contribution in [0.15, 0.2) is 108 Å². The number of aliphatic imine (C=N–C) groups is 1. The van der Waals surface area contributed by atoms with Crippen LogP contribution in [-0.4, -0.2) is 26.0 Å². The molecule has 0 radical (unpaired) electrons. The van der Waals surface area contributed by atoms with Crippen LogP contribution < -0.4 is 10.4 Å². The van der Waals surface area contributed by atoms with Crippen LogP contribution in [-0.2, 0) is 5.41 Å². The summed E-state index contributed by atoms with van der Waals surface area (Å²) in [6.45, 7) is 8.22. The zero-order valence-electron chi connectivity index (χ0n) is 21.4. The summed E-state index contributed by atoms with van der Waals surface area (Å²) in [5.41, 5.74) is 8.70. The number of hydroxylamine groups is 1. The van der Waals surface area contributed by atoms with Crippen LogP contribution in [0.2, 0.25) is 0 Å². The van der Waals surface area contributed by atoms with Gasteiger partial charge < -0.3 is 5.32 Å². The zero-order chi connectivity index (χ0) is 25.7. The number of hydrogen-bond donors (Lipinski definition) is 2. The molecule has 4 heteroatoms. The van der Waals surface area contributed by atoms with Gasteiger partial charge in [0.2, 0.25) is 0 Å². The van der Waals surface area contributed by atoms with Crippen molar-refractivity contribution in [3.63, 3.8) is 0 Å². The molecule has 4 aromatic carbocycles. The Labute approximate surface area is 214 Å². The number of anilines is 2. The smallest absolute Gasteiger partial charge is 0.0868 e. The molecule has 0 amide bonds. The highest BCUT2D eigenvalue weighted by Gasteiger charge is 2.27. The quantitative estimate of drug-likeness (QED) is 0.204. The minimum atomic E-state index is -0.381. The predicted octanol–water partition coefficient (Wildman–Crippen LogP) is 7.58. The van der Waals surface area contributed by atoms with E-state index in [1.54, 1.807) is 7.05 Å². The minimum absolute atomic E-state index is 0.381. The second-order valence-electron chi connectivity index (χ2n) is 9.20. The van der Waals surface area contributed by atoms with Crippen LogP contribution in [0.4, 0.5) is 11.4 Å². The Morgan fingerprint density at radius 2 is 1.50 bits per heavy atom. The molecule has 1 atom stereocenters. The van der Waals surface area contributed by atoms with Crippen LogP contribution in [0.1, 0.15) is 29.2 Å². The molecule has 4 rings (SSSR count). The van der Waals surface area contributed by atoms with Gasteiger partial charge in [0.25, 0.3) is 0 Å². The summed E-state index contributed by atoms with van der Waals surface area (Å²) < 4.78 is 0. The lowest BCUT2D eigenvalue weighted by Gasteiger charge is -2.28. The standard InChI is InChI=1S/C32H33N3O/c1-23-11-18-28(19-12-23)32(2,27-9-7-6-8-10-27)22-30(34-4)25-15-13-24(14-16-25)26-17-20-29(33-3)31(21-26)35(5)36/h6-22,33,36H,4H2,1-3,5H3/b30-22-. The highest BCUT2D eigenvalue weighted by molar-refractivity contribution is 5.79. The Bertz CT molecular complexity index is 1360. The van der Waals surface area contributed by atoms with Crippen molar-refractivity contribution in [1.29, 1.82) is 0 Å². The van der Waals surface area contributed by atoms with E-state index < -0.39 is 0 Å². The van der Waals surface area contributed by atoms with E-state index >= 15 is 0 Å². The summed E-state index contributed by atoms with van der Waals surface area (Å²) in [7, 11) is 3.46. The van der Waals surface area contributed by atoms with Crippen molar-refractivity contribution >= 4 is 23.8 Å². The van der Waals surface area contributed by atoms with Crippen LogP contribution in [0, 0.1) is 6.92 Å². The van der Waals surface area contributed by atoms with E-state index in [9.17, 15) is 5.21 Å². The van der Waals surface area contributed by atoms with E-state index in [1.165, 1.54) is 16.7 Å². The van der Waals surface area contributed by atoms with E-state index in [-0.39, 0.29) is 5.41 Å². The Balaban J connectivity index is 1.75. The normalized spacial score (nSPS) is 13.1. The van der Waals surface area contributed by atoms with Crippen LogP contribution >= 0.6 is 0 Å². The van der Waals surface area contributed by atoms with Crippen molar-refractivity contribution in [1.82, 2.24) is 0 Å². The van der Waals surface area contributed by atoms with Gasteiger partial charge in [0, 0.05) is 19.5 Å². The average molecular weight is 476 g/mol. The Morgan fingerprint density at radius 3 is 2.08 bits per heavy atom. The number of aryl methyl sites for hydroxylation is 1. The van der Waals surface area contributed by atoms with Crippen molar-refractivity contribution < 1.29 is 5.21 Å². The largest absolute Gasteiger partial charge is 0.386 e. The first-order valence-electron chi connectivity index (χ1n) is 12.0. The molecule has 2 N–H and O–H groups in total. The summed E-state index contributed by atoms with van der Waals surface area (Å²) in [4.78, 5) is 4.44. The van der Waals surface area contributed by atoms with Gasteiger partial charge in [0.1, 0.15) is 0 Å². The number of rotatable bonds is 8. The molecule has 182 valence electrons. The summed E-state index contributed by atoms with van der Waals surface area (Å²) in [5.74, 6) is 0. The molecule has 0 fully saturated rings. The molecule has 0 bridgehead atoms. The number of allylic oxidation sites excluding steroid dienone is 1. The summed E-state index contributed by atoms with van der Waals surface area (Å²) >= 11 is 0. The highest BCUT2D eigenvalue weighted by Crippen LogP contribution is 2.37. The average Bonchev–Trinajstić information content (AvgIpc) is 2.92. The minimum Gasteiger partial charge on any atom is -0.386 e. The second-order valence-corrected chi connectivity index (χ2v) is 9.20. The van der Waals surface area contributed by atoms with Gasteiger partial charge in [-0.05, 0) is 66.6 Å². The van der Waals surface area contributed by atoms with Crippen molar-refractivity contribution in [2.75, 3.05) is 24.5 Å². The molecule has 0 heterocycles. The van der Waals surface area contributed by atoms with Gasteiger partial charge in [0.15, 0.2) is 0 Å². The van der Waals surface area contributed by atoms with Crippen LogP contribution in [0.25, 0.3) is 16.8 Å². The molecule has 0 spiro atoms. The summed E-state index contributed by atoms with van der Waals surface area (Å²) in [5, 5.41) is 14.3. The van der Waals surface area contributed by atoms with E-state index in [2.05, 4.69) is 110 Å². The van der Waals surface area contributed by atoms with Crippen molar-refractivity contribution in [3.05, 3.63) is 125 Å². The van der Waals surface area contributed by atoms with Crippen molar-refractivity contribution in [2.45, 2.75) is 19.3 Å². The molecule has 4 nitrogen and oxygen atoms in total. The third kappa shape index (κ3) is 5.09. The van der Waals surface area contributed by atoms with E-state index in [0.717, 1.165) is 33.1 Å². The Morgan fingerprint density at radius 1 is 0.889 bits per heavy atom. The molecule has 4 aromatic rings. The van der Waals surface area contributed by atoms with Gasteiger partial charge in [-0.3, -0.25) is 15.3 Å². The maximum absolute atomic E-state index is 10.0. The lowest BCUT2D eigenvalue weighted by atomic mass is 9.75. The zero-order valence-corrected chi connectivity index (χ0v) is 21.4. The van der Waals surface area contributed by atoms with E-state index in [0.29, 0.717) is 5.69 Å². The number of nitrogens with one attached hydrogen (secondary N) is 1. The van der Waals surface area contributed by atoms with Crippen LogP contribution in [0.5, 0.6) is 0 Å². The SMILES string of the molecule is C=N/C(=C\C(C)(c1ccccc1)c1ccc(C)cc1)c1ccc(-c2ccc(NC)c(N(C)O)c2)cc1. The first-order valence-corrected chi connectivity index (χ1v) is 12.0. The topological polar surface area (TPSA) is 47.9 Å². The first kappa shape index (κ1) is 25.0. The molecule has 0 saturated heterocycles. The molecular weight excluding hydrogens is 442 g/mol. The molecule has 0 aliphatic carbocycles. The third-order valence-corrected chi connectivity index (χ3v) is 6.75. The van der Waals surface area contributed by atoms with Gasteiger partial charge in [-0.1, -0.05) is 90.5 Å². The van der Waals surface area contributed by atoms with Crippen molar-refractivity contribution in [3.8, 4) is 11.1 Å². The van der Waals surface area contributed by atoms with Crippen molar-refractivity contribution in [2.24, 2.45) is 4.99 Å². The van der Waals surface area contributed by atoms with Gasteiger partial charge >= 0.3 is 0 Å². The first-order chi connectivity index (χ1) is 17.4. The molecule has 36 heavy (non-hydrogen) atoms. The fourth-order valence-corrected chi connectivity index (χ4v) is 4.53. The molecule has 0 aliphatic heterocycles. The number of nitrogens with zero attached hydrogens (tertiary/aromatic N) is 2. The van der Waals surface area contributed by atoms with Gasteiger partial charge in [-0.25, -0.2) is 0 Å². The fraction of sp³-hybridized carbons (Fsp3) is 0.156. The van der Waals surface area contributed by atoms with Gasteiger partial charge in [-0.15, -0.1) is 0 Å². The van der Waals surface area contributed by atoms with E-state index in [1.807, 2.05) is 31.3 Å². The molecule has 1 unspecified atom stereocenters. The fourth-order valence-electron chi connectivity index (χ4n) is 4.53. The van der Waals surface area contributed by atoms with Gasteiger partial charge in [-0.2, -0.15) is 0 Å². The molecule has 0 aliphatic rings. The third-order valence-electron chi connectivity index (χ3n) is 6.75. The summed E-state index contributed by atoms with van der Waals surface area (Å²) in [6, 6.07) is 33.5. The maximum Gasteiger partial charge on any atom is 0.0868 e. The molecule has 0 aromatic heterocycles. The Kier molecular flexibility index (Phi) is 7.37. The lowest BCUT2D eigenvalue weighted by Crippen LogP contribution is -2.21. The highest BCUT2D eigenvalue weighted by atomic mass is 16.5. The van der Waals surface area contributed by atoms with Crippen LogP contribution in [0.3, 0.4) is 0 Å². The predicted molar refractivity (Wildman–Crippen MR) is 153 cm³/mol. The Hall–Kier alpha value is -4.15. The van der Waals surface area contributed by atoms with Gasteiger partial charge in [0.05, 0.1) is 17.1 Å². The number of benzene rings is 4. The maximum atomic E-state index is 10.0. The van der Waals surface area contributed by atoms with E-state index in [4.69, 9.17) is 0 Å². The summed E-state index contributed by atoms with van der Waals surface area (Å²) in [6.07, 6.45) is 2.20. The molecular formula is C32H33N3O. The lowest BCUT2D eigenvalue weighted by molar-refractivity contribution is 0.280.